The van der Waals surface area contributed by atoms with Gasteiger partial charge in [0.25, 0.3) is 0 Å². The Morgan fingerprint density at radius 1 is 1.12 bits per heavy atom. The molecule has 0 spiro atoms. The number of carboxylic acid groups (broad SMARTS) is 1. The zero-order valence-electron chi connectivity index (χ0n) is 14.5. The van der Waals surface area contributed by atoms with Crippen LogP contribution in [0.5, 0.6) is 0 Å². The van der Waals surface area contributed by atoms with Crippen molar-refractivity contribution in [2.45, 2.75) is 18.9 Å². The summed E-state index contributed by atoms with van der Waals surface area (Å²) >= 11 is 0. The van der Waals surface area contributed by atoms with E-state index in [-0.39, 0.29) is 24.8 Å². The summed E-state index contributed by atoms with van der Waals surface area (Å²) in [6, 6.07) is 16.5. The topological polar surface area (TPSA) is 77.9 Å². The lowest BCUT2D eigenvalue weighted by atomic mass is 9.88. The molecule has 1 atom stereocenters. The Morgan fingerprint density at radius 3 is 2.46 bits per heavy atom. The van der Waals surface area contributed by atoms with Crippen LogP contribution in [0.15, 0.2) is 54.6 Å². The number of nitrogens with zero attached hydrogens (tertiary/aromatic N) is 2. The SMILES string of the molecule is CN1C(=O)CC(C(=O)N(CC(=O)O)Cc2ccccc2)c2ccccc21. The van der Waals surface area contributed by atoms with Crippen LogP contribution in [0, 0.1) is 0 Å². The Bertz CT molecular complexity index is 835. The summed E-state index contributed by atoms with van der Waals surface area (Å²) in [5.74, 6) is -2.25. The third-order valence-corrected chi connectivity index (χ3v) is 4.58. The molecule has 26 heavy (non-hydrogen) atoms. The first kappa shape index (κ1) is 17.7. The van der Waals surface area contributed by atoms with Crippen LogP contribution in [0.1, 0.15) is 23.5 Å². The van der Waals surface area contributed by atoms with Crippen LogP contribution in [0.25, 0.3) is 0 Å². The predicted octanol–water partition coefficient (Wildman–Crippen LogP) is 2.25. The second-order valence-corrected chi connectivity index (χ2v) is 6.34. The summed E-state index contributed by atoms with van der Waals surface area (Å²) in [6.45, 7) is -0.217. The highest BCUT2D eigenvalue weighted by Gasteiger charge is 2.36. The molecule has 2 aromatic carbocycles. The minimum Gasteiger partial charge on any atom is -0.480 e. The largest absolute Gasteiger partial charge is 0.480 e. The van der Waals surface area contributed by atoms with Crippen LogP contribution in [0.2, 0.25) is 0 Å². The third-order valence-electron chi connectivity index (χ3n) is 4.58. The van der Waals surface area contributed by atoms with Crippen molar-refractivity contribution in [3.8, 4) is 0 Å². The lowest BCUT2D eigenvalue weighted by molar-refractivity contribution is -0.146. The highest BCUT2D eigenvalue weighted by atomic mass is 16.4. The van der Waals surface area contributed by atoms with Crippen molar-refractivity contribution >= 4 is 23.5 Å². The Balaban J connectivity index is 1.92. The summed E-state index contributed by atoms with van der Waals surface area (Å²) in [5.41, 5.74) is 2.29. The number of amides is 2. The van der Waals surface area contributed by atoms with E-state index in [0.717, 1.165) is 11.1 Å². The van der Waals surface area contributed by atoms with Crippen molar-refractivity contribution < 1.29 is 19.5 Å². The molecule has 1 aliphatic rings. The zero-order valence-corrected chi connectivity index (χ0v) is 14.5. The number of para-hydroxylation sites is 1. The Hall–Kier alpha value is -3.15. The molecule has 0 aliphatic carbocycles. The van der Waals surface area contributed by atoms with Crippen LogP contribution < -0.4 is 4.90 Å². The number of fused-ring (bicyclic) bond motifs is 1. The van der Waals surface area contributed by atoms with Crippen LogP contribution in [0.3, 0.4) is 0 Å². The van der Waals surface area contributed by atoms with Gasteiger partial charge in [-0.1, -0.05) is 48.5 Å². The average Bonchev–Trinajstić information content (AvgIpc) is 2.64. The first-order valence-corrected chi connectivity index (χ1v) is 8.37. The second kappa shape index (κ2) is 7.39. The number of benzene rings is 2. The van der Waals surface area contributed by atoms with Crippen molar-refractivity contribution in [3.05, 3.63) is 65.7 Å². The number of aliphatic carboxylic acids is 1. The molecule has 0 aromatic heterocycles. The first-order chi connectivity index (χ1) is 12.5. The molecule has 0 saturated carbocycles. The maximum atomic E-state index is 13.1. The summed E-state index contributed by atoms with van der Waals surface area (Å²) in [4.78, 5) is 39.6. The molecule has 0 fully saturated rings. The van der Waals surface area contributed by atoms with E-state index in [1.165, 1.54) is 9.80 Å². The molecule has 1 aliphatic heterocycles. The lowest BCUT2D eigenvalue weighted by Crippen LogP contribution is -2.43. The molecular formula is C20H20N2O4. The van der Waals surface area contributed by atoms with Gasteiger partial charge in [-0.2, -0.15) is 0 Å². The molecule has 1 N–H and O–H groups in total. The second-order valence-electron chi connectivity index (χ2n) is 6.34. The maximum Gasteiger partial charge on any atom is 0.323 e. The van der Waals surface area contributed by atoms with Crippen molar-refractivity contribution in [2.75, 3.05) is 18.5 Å². The molecule has 2 aromatic rings. The quantitative estimate of drug-likeness (QED) is 0.895. The van der Waals surface area contributed by atoms with Gasteiger partial charge >= 0.3 is 5.97 Å². The number of anilines is 1. The fourth-order valence-corrected chi connectivity index (χ4v) is 3.26. The highest BCUT2D eigenvalue weighted by molar-refractivity contribution is 6.02. The van der Waals surface area contributed by atoms with Crippen molar-refractivity contribution in [1.29, 1.82) is 0 Å². The van der Waals surface area contributed by atoms with Crippen LogP contribution in [0.4, 0.5) is 5.69 Å². The van der Waals surface area contributed by atoms with Gasteiger partial charge in [0.05, 0.1) is 5.92 Å². The van der Waals surface area contributed by atoms with Crippen LogP contribution in [-0.4, -0.2) is 41.4 Å². The van der Waals surface area contributed by atoms with Gasteiger partial charge in [-0.15, -0.1) is 0 Å². The minimum atomic E-state index is -1.08. The highest BCUT2D eigenvalue weighted by Crippen LogP contribution is 2.36. The standard InChI is InChI=1S/C20H20N2O4/c1-21-17-10-6-5-9-15(17)16(11-18(21)23)20(26)22(13-19(24)25)12-14-7-3-2-4-8-14/h2-10,16H,11-13H2,1H3,(H,24,25). The predicted molar refractivity (Wildman–Crippen MR) is 96.7 cm³/mol. The fourth-order valence-electron chi connectivity index (χ4n) is 3.26. The van der Waals surface area contributed by atoms with Crippen molar-refractivity contribution in [1.82, 2.24) is 4.90 Å². The van der Waals surface area contributed by atoms with E-state index in [9.17, 15) is 19.5 Å². The molecular weight excluding hydrogens is 332 g/mol. The number of hydrogen-bond donors (Lipinski definition) is 1. The van der Waals surface area contributed by atoms with Gasteiger partial charge in [0.2, 0.25) is 11.8 Å². The van der Waals surface area contributed by atoms with Gasteiger partial charge in [-0.05, 0) is 17.2 Å². The van der Waals surface area contributed by atoms with Gasteiger partial charge in [0, 0.05) is 25.7 Å². The summed E-state index contributed by atoms with van der Waals surface area (Å²) < 4.78 is 0. The van der Waals surface area contributed by atoms with E-state index in [1.54, 1.807) is 13.1 Å². The Kier molecular flexibility index (Phi) is 5.02. The van der Waals surface area contributed by atoms with Gasteiger partial charge in [0.15, 0.2) is 0 Å². The van der Waals surface area contributed by atoms with Gasteiger partial charge in [-0.25, -0.2) is 0 Å². The van der Waals surface area contributed by atoms with Crippen LogP contribution >= 0.6 is 0 Å². The first-order valence-electron chi connectivity index (χ1n) is 8.37. The molecule has 1 unspecified atom stereocenters. The average molecular weight is 352 g/mol. The molecule has 6 heteroatoms. The molecule has 134 valence electrons. The van der Waals surface area contributed by atoms with E-state index < -0.39 is 18.4 Å². The van der Waals surface area contributed by atoms with Crippen molar-refractivity contribution in [3.63, 3.8) is 0 Å². The Labute approximate surface area is 151 Å². The maximum absolute atomic E-state index is 13.1. The smallest absolute Gasteiger partial charge is 0.323 e. The van der Waals surface area contributed by atoms with E-state index in [4.69, 9.17) is 0 Å². The fraction of sp³-hybridized carbons (Fsp3) is 0.250. The number of carboxylic acids is 1. The molecule has 0 bridgehead atoms. The molecule has 6 nitrogen and oxygen atoms in total. The van der Waals surface area contributed by atoms with Gasteiger partial charge in [0.1, 0.15) is 6.54 Å². The summed E-state index contributed by atoms with van der Waals surface area (Å²) in [7, 11) is 1.68. The van der Waals surface area contributed by atoms with Crippen molar-refractivity contribution in [2.24, 2.45) is 0 Å². The normalized spacial score (nSPS) is 16.1. The molecule has 0 saturated heterocycles. The number of rotatable bonds is 5. The van der Waals surface area contributed by atoms with Gasteiger partial charge in [-0.3, -0.25) is 14.4 Å². The minimum absolute atomic E-state index is 0.0389. The van der Waals surface area contributed by atoms with E-state index in [1.807, 2.05) is 48.5 Å². The van der Waals surface area contributed by atoms with E-state index in [0.29, 0.717) is 5.69 Å². The summed E-state index contributed by atoms with van der Waals surface area (Å²) in [6.07, 6.45) is 0.0389. The lowest BCUT2D eigenvalue weighted by Gasteiger charge is -2.33. The Morgan fingerprint density at radius 2 is 1.77 bits per heavy atom. The zero-order chi connectivity index (χ0) is 18.7. The molecule has 0 radical (unpaired) electrons. The molecule has 2 amide bonds. The third kappa shape index (κ3) is 3.59. The number of hydrogen-bond acceptors (Lipinski definition) is 3. The number of carbonyl (C=O) groups is 3. The van der Waals surface area contributed by atoms with E-state index in [2.05, 4.69) is 0 Å². The summed E-state index contributed by atoms with van der Waals surface area (Å²) in [5, 5.41) is 9.23. The van der Waals surface area contributed by atoms with Crippen LogP contribution in [-0.2, 0) is 20.9 Å². The van der Waals surface area contributed by atoms with E-state index >= 15 is 0 Å². The number of carbonyl (C=O) groups excluding carboxylic acids is 2. The molecule has 1 heterocycles. The monoisotopic (exact) mass is 352 g/mol. The molecule has 3 rings (SSSR count). The van der Waals surface area contributed by atoms with Gasteiger partial charge < -0.3 is 14.9 Å².